The summed E-state index contributed by atoms with van der Waals surface area (Å²) in [6, 6.07) is 6.01. The Morgan fingerprint density at radius 2 is 1.84 bits per heavy atom. The van der Waals surface area contributed by atoms with Gasteiger partial charge in [0.1, 0.15) is 11.5 Å². The quantitative estimate of drug-likeness (QED) is 0.298. The molecule has 1 atom stereocenters. The van der Waals surface area contributed by atoms with Gasteiger partial charge in [0.25, 0.3) is 11.7 Å². The predicted octanol–water partition coefficient (Wildman–Crippen LogP) is 3.05. The lowest BCUT2D eigenvalue weighted by Gasteiger charge is -2.26. The summed E-state index contributed by atoms with van der Waals surface area (Å²) in [5.41, 5.74) is 2.01. The molecule has 2 N–H and O–H groups in total. The van der Waals surface area contributed by atoms with Crippen LogP contribution in [0.3, 0.4) is 0 Å². The number of aryl methyl sites for hydroxylation is 1. The number of methoxy groups -OCH3 is 1. The van der Waals surface area contributed by atoms with E-state index in [4.69, 9.17) is 16.3 Å². The van der Waals surface area contributed by atoms with Crippen molar-refractivity contribution >= 4 is 35.0 Å². The molecule has 1 aliphatic heterocycles. The molecule has 2 aromatic rings. The number of likely N-dealkylation sites (tertiary alicyclic amines) is 1. The number of rotatable bonds is 6. The lowest BCUT2D eigenvalue weighted by atomic mass is 9.94. The van der Waals surface area contributed by atoms with Crippen LogP contribution < -0.4 is 0 Å². The van der Waals surface area contributed by atoms with Gasteiger partial charge in [0.15, 0.2) is 0 Å². The number of ketones is 1. The molecule has 2 heterocycles. The van der Waals surface area contributed by atoms with Crippen molar-refractivity contribution in [2.75, 3.05) is 34.3 Å². The molecule has 170 valence electrons. The molecule has 32 heavy (non-hydrogen) atoms. The lowest BCUT2D eigenvalue weighted by molar-refractivity contribution is -0.140. The zero-order valence-corrected chi connectivity index (χ0v) is 19.4. The number of benzene rings is 1. The monoisotopic (exact) mass is 459 g/mol. The largest absolute Gasteiger partial charge is 0.507 e. The van der Waals surface area contributed by atoms with Crippen molar-refractivity contribution in [3.63, 3.8) is 0 Å². The Morgan fingerprint density at radius 1 is 1.22 bits per heavy atom. The van der Waals surface area contributed by atoms with E-state index in [0.717, 1.165) is 0 Å². The second-order valence-corrected chi connectivity index (χ2v) is 8.40. The third kappa shape index (κ3) is 4.16. The number of aliphatic hydroxyl groups is 1. The molecule has 1 aliphatic rings. The maximum atomic E-state index is 13.1. The van der Waals surface area contributed by atoms with Gasteiger partial charge >= 0.3 is 5.97 Å². The van der Waals surface area contributed by atoms with Crippen LogP contribution in [0.4, 0.5) is 0 Å². The second kappa shape index (κ2) is 9.18. The molecule has 0 spiro atoms. The van der Waals surface area contributed by atoms with Gasteiger partial charge in [0.05, 0.1) is 18.7 Å². The van der Waals surface area contributed by atoms with Gasteiger partial charge in [-0.25, -0.2) is 4.79 Å². The topological polar surface area (TPSA) is 103 Å². The third-order valence-corrected chi connectivity index (χ3v) is 5.83. The summed E-state index contributed by atoms with van der Waals surface area (Å²) in [4.78, 5) is 44.4. The number of Topliss-reactive ketones (excluding diaryl/α,β-unsaturated/α-hetero) is 1. The number of H-pyrrole nitrogens is 1. The van der Waals surface area contributed by atoms with Gasteiger partial charge in [-0.15, -0.1) is 0 Å². The number of nitrogens with one attached hydrogen (secondary N) is 1. The van der Waals surface area contributed by atoms with Gasteiger partial charge in [-0.1, -0.05) is 23.7 Å². The number of ether oxygens (including phenoxy) is 1. The van der Waals surface area contributed by atoms with E-state index >= 15 is 0 Å². The normalized spacial score (nSPS) is 18.0. The summed E-state index contributed by atoms with van der Waals surface area (Å²) in [5, 5.41) is 11.8. The van der Waals surface area contributed by atoms with Gasteiger partial charge in [0, 0.05) is 29.4 Å². The van der Waals surface area contributed by atoms with E-state index in [9.17, 15) is 19.5 Å². The number of carbonyl (C=O) groups is 3. The fourth-order valence-corrected chi connectivity index (χ4v) is 4.08. The standard InChI is InChI=1S/C23H26ClN3O5/c1-12-16(13(2)25-18(12)23(31)32-5)20(28)17-19(14-6-8-15(24)9-7-14)27(11-10-26(3)4)22(30)21(17)29/h6-9,19,25,28H,10-11H2,1-5H3/b20-17+/t19-/m1/s1. The SMILES string of the molecule is COC(=O)c1[nH]c(C)c(/C(O)=C2\C(=O)C(=O)N(CCN(C)C)[C@@H]2c2ccc(Cl)cc2)c1C. The molecule has 0 radical (unpaired) electrons. The third-order valence-electron chi connectivity index (χ3n) is 5.58. The van der Waals surface area contributed by atoms with Crippen LogP contribution in [-0.2, 0) is 14.3 Å². The van der Waals surface area contributed by atoms with Gasteiger partial charge in [-0.05, 0) is 51.2 Å². The number of carbonyl (C=O) groups excluding carboxylic acids is 3. The summed E-state index contributed by atoms with van der Waals surface area (Å²) in [5.74, 6) is -2.39. The molecule has 0 saturated carbocycles. The van der Waals surface area contributed by atoms with Gasteiger partial charge < -0.3 is 24.6 Å². The van der Waals surface area contributed by atoms with Crippen LogP contribution in [0.25, 0.3) is 5.76 Å². The number of hydrogen-bond acceptors (Lipinski definition) is 6. The molecule has 0 unspecified atom stereocenters. The fourth-order valence-electron chi connectivity index (χ4n) is 3.96. The van der Waals surface area contributed by atoms with E-state index in [2.05, 4.69) is 4.98 Å². The van der Waals surface area contributed by atoms with E-state index in [1.807, 2.05) is 19.0 Å². The summed E-state index contributed by atoms with van der Waals surface area (Å²) in [6.45, 7) is 4.14. The Hall–Kier alpha value is -3.10. The Balaban J connectivity index is 2.21. The molecule has 3 rings (SSSR count). The Labute approximate surface area is 191 Å². The zero-order valence-electron chi connectivity index (χ0n) is 18.7. The first-order chi connectivity index (χ1) is 15.1. The van der Waals surface area contributed by atoms with Crippen LogP contribution in [0, 0.1) is 13.8 Å². The van der Waals surface area contributed by atoms with Crippen LogP contribution in [0.5, 0.6) is 0 Å². The maximum absolute atomic E-state index is 13.1. The highest BCUT2D eigenvalue weighted by atomic mass is 35.5. The van der Waals surface area contributed by atoms with Crippen molar-refractivity contribution in [2.45, 2.75) is 19.9 Å². The van der Waals surface area contributed by atoms with Crippen molar-refractivity contribution in [1.82, 2.24) is 14.8 Å². The minimum absolute atomic E-state index is 0.0299. The lowest BCUT2D eigenvalue weighted by Crippen LogP contribution is -2.35. The highest BCUT2D eigenvalue weighted by Gasteiger charge is 2.46. The van der Waals surface area contributed by atoms with Crippen LogP contribution in [-0.4, -0.2) is 71.8 Å². The van der Waals surface area contributed by atoms with Crippen LogP contribution in [0.2, 0.25) is 5.02 Å². The maximum Gasteiger partial charge on any atom is 0.354 e. The molecular formula is C23H26ClN3O5. The second-order valence-electron chi connectivity index (χ2n) is 7.96. The number of nitrogens with zero attached hydrogens (tertiary/aromatic N) is 2. The number of likely N-dealkylation sites (N-methyl/N-ethyl adjacent to an activating group) is 1. The van der Waals surface area contributed by atoms with E-state index in [1.165, 1.54) is 12.0 Å². The average molecular weight is 460 g/mol. The summed E-state index contributed by atoms with van der Waals surface area (Å²) < 4.78 is 4.79. The number of aromatic nitrogens is 1. The van der Waals surface area contributed by atoms with Crippen molar-refractivity contribution in [2.24, 2.45) is 0 Å². The average Bonchev–Trinajstić information content (AvgIpc) is 3.18. The minimum Gasteiger partial charge on any atom is -0.507 e. The van der Waals surface area contributed by atoms with Crippen molar-refractivity contribution in [3.8, 4) is 0 Å². The van der Waals surface area contributed by atoms with Crippen LogP contribution in [0.15, 0.2) is 29.8 Å². The Bertz CT molecular complexity index is 1100. The number of hydrogen-bond donors (Lipinski definition) is 2. The predicted molar refractivity (Wildman–Crippen MR) is 121 cm³/mol. The van der Waals surface area contributed by atoms with Crippen LogP contribution in [0.1, 0.15) is 38.9 Å². The van der Waals surface area contributed by atoms with Crippen molar-refractivity contribution in [3.05, 3.63) is 62.9 Å². The van der Waals surface area contributed by atoms with E-state index in [1.54, 1.807) is 38.1 Å². The molecule has 1 saturated heterocycles. The summed E-state index contributed by atoms with van der Waals surface area (Å²) in [6.07, 6.45) is 0. The van der Waals surface area contributed by atoms with Crippen molar-refractivity contribution in [1.29, 1.82) is 0 Å². The molecule has 8 nitrogen and oxygen atoms in total. The molecule has 0 bridgehead atoms. The van der Waals surface area contributed by atoms with Crippen LogP contribution >= 0.6 is 11.6 Å². The summed E-state index contributed by atoms with van der Waals surface area (Å²) in [7, 11) is 5.00. The number of aromatic amines is 1. The molecular weight excluding hydrogens is 434 g/mol. The number of amides is 1. The van der Waals surface area contributed by atoms with E-state index in [-0.39, 0.29) is 17.0 Å². The molecule has 1 aromatic carbocycles. The molecule has 9 heteroatoms. The molecule has 0 aliphatic carbocycles. The van der Waals surface area contributed by atoms with Gasteiger partial charge in [0.2, 0.25) is 0 Å². The number of aliphatic hydroxyl groups excluding tert-OH is 1. The fraction of sp³-hybridized carbons (Fsp3) is 0.348. The van der Waals surface area contributed by atoms with Gasteiger partial charge in [-0.3, -0.25) is 9.59 Å². The number of esters is 1. The smallest absolute Gasteiger partial charge is 0.354 e. The van der Waals surface area contributed by atoms with Gasteiger partial charge in [-0.2, -0.15) is 0 Å². The Morgan fingerprint density at radius 3 is 2.41 bits per heavy atom. The first-order valence-electron chi connectivity index (χ1n) is 10.0. The minimum atomic E-state index is -0.789. The first kappa shape index (κ1) is 23.6. The highest BCUT2D eigenvalue weighted by Crippen LogP contribution is 2.41. The molecule has 1 fully saturated rings. The van der Waals surface area contributed by atoms with Crippen molar-refractivity contribution < 1.29 is 24.2 Å². The molecule has 1 amide bonds. The molecule has 1 aromatic heterocycles. The number of halogens is 1. The van der Waals surface area contributed by atoms with E-state index in [0.29, 0.717) is 40.5 Å². The first-order valence-corrected chi connectivity index (χ1v) is 10.4. The zero-order chi connectivity index (χ0) is 23.7. The highest BCUT2D eigenvalue weighted by molar-refractivity contribution is 6.46. The Kier molecular flexibility index (Phi) is 6.76. The summed E-state index contributed by atoms with van der Waals surface area (Å²) >= 11 is 6.03. The van der Waals surface area contributed by atoms with E-state index < -0.39 is 23.7 Å².